The number of amides is 3. The standard InChI is InChI=1S/C26H28FN5O3/c1-18(25(34)30(2)16-19-7-4-3-5-8-19)28-24(33)22-15-23-26(35)31(13-6-14-32(23)29-22)17-20-9-11-21(27)12-10-20/h3-5,7-12,15,18H,6,13-14,16-17H2,1-2H3,(H,28,33)/t18-/m1/s1. The number of carbonyl (C=O) groups excluding carboxylic acids is 3. The normalized spacial score (nSPS) is 14.1. The summed E-state index contributed by atoms with van der Waals surface area (Å²) in [4.78, 5) is 41.9. The summed E-state index contributed by atoms with van der Waals surface area (Å²) >= 11 is 0. The quantitative estimate of drug-likeness (QED) is 0.567. The molecule has 1 atom stereocenters. The number of aromatic nitrogens is 2. The SMILES string of the molecule is C[C@@H](NC(=O)c1cc2n(n1)CCCN(Cc1ccc(F)cc1)C2=O)C(=O)N(C)Cc1ccccc1. The molecule has 3 amide bonds. The molecule has 1 N–H and O–H groups in total. The van der Waals surface area contributed by atoms with Gasteiger partial charge in [-0.1, -0.05) is 42.5 Å². The van der Waals surface area contributed by atoms with Crippen LogP contribution in [0.25, 0.3) is 0 Å². The number of nitrogens with one attached hydrogen (secondary N) is 1. The van der Waals surface area contributed by atoms with Gasteiger partial charge >= 0.3 is 0 Å². The topological polar surface area (TPSA) is 87.5 Å². The molecular formula is C26H28FN5O3. The molecule has 9 heteroatoms. The number of rotatable bonds is 7. The molecule has 1 aliphatic heterocycles. The van der Waals surface area contributed by atoms with Crippen molar-refractivity contribution in [3.8, 4) is 0 Å². The molecule has 0 spiro atoms. The number of fused-ring (bicyclic) bond motifs is 1. The number of aryl methyl sites for hydroxylation is 1. The van der Waals surface area contributed by atoms with Crippen molar-refractivity contribution in [1.29, 1.82) is 0 Å². The third-order valence-corrected chi connectivity index (χ3v) is 5.96. The Morgan fingerprint density at radius 1 is 1.09 bits per heavy atom. The van der Waals surface area contributed by atoms with Gasteiger partial charge < -0.3 is 15.1 Å². The lowest BCUT2D eigenvalue weighted by molar-refractivity contribution is -0.132. The highest BCUT2D eigenvalue weighted by Crippen LogP contribution is 2.17. The van der Waals surface area contributed by atoms with Crippen molar-refractivity contribution in [3.05, 3.63) is 89.0 Å². The van der Waals surface area contributed by atoms with Gasteiger partial charge in [-0.2, -0.15) is 5.10 Å². The molecule has 8 nitrogen and oxygen atoms in total. The molecule has 0 radical (unpaired) electrons. The van der Waals surface area contributed by atoms with E-state index in [-0.39, 0.29) is 23.3 Å². The monoisotopic (exact) mass is 477 g/mol. The van der Waals surface area contributed by atoms with Crippen LogP contribution in [0, 0.1) is 5.82 Å². The maximum Gasteiger partial charge on any atom is 0.272 e. The van der Waals surface area contributed by atoms with Gasteiger partial charge in [0.2, 0.25) is 5.91 Å². The third-order valence-electron chi connectivity index (χ3n) is 5.96. The number of hydrogen-bond donors (Lipinski definition) is 1. The van der Waals surface area contributed by atoms with E-state index in [1.165, 1.54) is 22.9 Å². The number of hydrogen-bond acceptors (Lipinski definition) is 4. The molecule has 0 saturated heterocycles. The van der Waals surface area contributed by atoms with Crippen molar-refractivity contribution < 1.29 is 18.8 Å². The zero-order valence-electron chi connectivity index (χ0n) is 19.8. The summed E-state index contributed by atoms with van der Waals surface area (Å²) in [5.41, 5.74) is 2.21. The molecule has 182 valence electrons. The first-order valence-corrected chi connectivity index (χ1v) is 11.5. The zero-order valence-corrected chi connectivity index (χ0v) is 19.8. The Balaban J connectivity index is 1.41. The Hall–Kier alpha value is -4.01. The summed E-state index contributed by atoms with van der Waals surface area (Å²) in [5, 5.41) is 7.01. The van der Waals surface area contributed by atoms with Gasteiger partial charge in [0.15, 0.2) is 5.69 Å². The average molecular weight is 478 g/mol. The lowest BCUT2D eigenvalue weighted by Gasteiger charge is -2.22. The minimum atomic E-state index is -0.761. The van der Waals surface area contributed by atoms with Crippen molar-refractivity contribution in [2.75, 3.05) is 13.6 Å². The molecule has 4 rings (SSSR count). The molecule has 2 aromatic carbocycles. The van der Waals surface area contributed by atoms with Gasteiger partial charge in [0.25, 0.3) is 11.8 Å². The van der Waals surface area contributed by atoms with Gasteiger partial charge in [-0.3, -0.25) is 19.1 Å². The number of benzene rings is 2. The second kappa shape index (κ2) is 10.5. The van der Waals surface area contributed by atoms with E-state index in [2.05, 4.69) is 10.4 Å². The maximum absolute atomic E-state index is 13.2. The Morgan fingerprint density at radius 3 is 2.51 bits per heavy atom. The summed E-state index contributed by atoms with van der Waals surface area (Å²) in [6.07, 6.45) is 0.668. The van der Waals surface area contributed by atoms with Crippen molar-refractivity contribution in [3.63, 3.8) is 0 Å². The molecule has 1 aliphatic rings. The molecule has 0 aliphatic carbocycles. The van der Waals surface area contributed by atoms with E-state index in [1.807, 2.05) is 30.3 Å². The van der Waals surface area contributed by atoms with Crippen molar-refractivity contribution in [2.24, 2.45) is 0 Å². The van der Waals surface area contributed by atoms with E-state index in [0.717, 1.165) is 11.1 Å². The minimum absolute atomic E-state index is 0.0855. The minimum Gasteiger partial charge on any atom is -0.340 e. The Bertz CT molecular complexity index is 1210. The number of nitrogens with zero attached hydrogens (tertiary/aromatic N) is 4. The smallest absolute Gasteiger partial charge is 0.272 e. The largest absolute Gasteiger partial charge is 0.340 e. The fraction of sp³-hybridized carbons (Fsp3) is 0.308. The van der Waals surface area contributed by atoms with Crippen molar-refractivity contribution in [1.82, 2.24) is 24.9 Å². The second-order valence-corrected chi connectivity index (χ2v) is 8.72. The summed E-state index contributed by atoms with van der Waals surface area (Å²) in [6.45, 7) is 3.41. The molecule has 2 heterocycles. The van der Waals surface area contributed by atoms with Crippen molar-refractivity contribution >= 4 is 17.7 Å². The second-order valence-electron chi connectivity index (χ2n) is 8.72. The maximum atomic E-state index is 13.2. The summed E-state index contributed by atoms with van der Waals surface area (Å²) in [5.74, 6) is -1.32. The van der Waals surface area contributed by atoms with E-state index in [1.54, 1.807) is 35.9 Å². The Morgan fingerprint density at radius 2 is 1.80 bits per heavy atom. The van der Waals surface area contributed by atoms with Crippen LogP contribution >= 0.6 is 0 Å². The molecule has 0 fully saturated rings. The number of likely N-dealkylation sites (N-methyl/N-ethyl adjacent to an activating group) is 1. The van der Waals surface area contributed by atoms with Crippen LogP contribution in [0.5, 0.6) is 0 Å². The summed E-state index contributed by atoms with van der Waals surface area (Å²) < 4.78 is 14.7. The van der Waals surface area contributed by atoms with Crippen LogP contribution in [-0.4, -0.2) is 56.9 Å². The third kappa shape index (κ3) is 5.74. The van der Waals surface area contributed by atoms with Gasteiger partial charge in [0.1, 0.15) is 17.6 Å². The fourth-order valence-electron chi connectivity index (χ4n) is 4.10. The lowest BCUT2D eigenvalue weighted by atomic mass is 10.2. The van der Waals surface area contributed by atoms with Gasteiger partial charge in [-0.25, -0.2) is 4.39 Å². The molecule has 0 unspecified atom stereocenters. The van der Waals surface area contributed by atoms with Gasteiger partial charge in [0, 0.05) is 39.3 Å². The first kappa shape index (κ1) is 24.1. The lowest BCUT2D eigenvalue weighted by Crippen LogP contribution is -2.45. The van der Waals surface area contributed by atoms with Crippen LogP contribution in [0.2, 0.25) is 0 Å². The van der Waals surface area contributed by atoms with Crippen LogP contribution in [-0.2, 0) is 24.4 Å². The van der Waals surface area contributed by atoms with Crippen LogP contribution in [0.15, 0.2) is 60.7 Å². The molecule has 35 heavy (non-hydrogen) atoms. The Kier molecular flexibility index (Phi) is 7.24. The van der Waals surface area contributed by atoms with Gasteiger partial charge in [-0.15, -0.1) is 0 Å². The first-order valence-electron chi connectivity index (χ1n) is 11.5. The first-order chi connectivity index (χ1) is 16.8. The van der Waals surface area contributed by atoms with Crippen molar-refractivity contribution in [2.45, 2.75) is 39.0 Å². The van der Waals surface area contributed by atoms with E-state index >= 15 is 0 Å². The van der Waals surface area contributed by atoms with Gasteiger partial charge in [-0.05, 0) is 36.6 Å². The fourth-order valence-corrected chi connectivity index (χ4v) is 4.10. The van der Waals surface area contributed by atoms with Gasteiger partial charge in [0.05, 0.1) is 0 Å². The predicted octanol–water partition coefficient (Wildman–Crippen LogP) is 2.85. The van der Waals surface area contributed by atoms with E-state index in [0.29, 0.717) is 38.3 Å². The predicted molar refractivity (Wildman–Crippen MR) is 128 cm³/mol. The Labute approximate surface area is 203 Å². The van der Waals surface area contributed by atoms with Crippen LogP contribution in [0.3, 0.4) is 0 Å². The molecule has 0 bridgehead atoms. The average Bonchev–Trinajstić information content (AvgIpc) is 3.23. The molecule has 0 saturated carbocycles. The van der Waals surface area contributed by atoms with E-state index in [4.69, 9.17) is 0 Å². The van der Waals surface area contributed by atoms with E-state index < -0.39 is 11.9 Å². The molecule has 3 aromatic rings. The number of carbonyl (C=O) groups is 3. The van der Waals surface area contributed by atoms with Crippen LogP contribution < -0.4 is 5.32 Å². The van der Waals surface area contributed by atoms with Crippen LogP contribution in [0.4, 0.5) is 4.39 Å². The van der Waals surface area contributed by atoms with Crippen LogP contribution in [0.1, 0.15) is 45.4 Å². The molecule has 1 aromatic heterocycles. The highest BCUT2D eigenvalue weighted by atomic mass is 19.1. The van der Waals surface area contributed by atoms with E-state index in [9.17, 15) is 18.8 Å². The number of halogens is 1. The summed E-state index contributed by atoms with van der Waals surface area (Å²) in [7, 11) is 1.69. The highest BCUT2D eigenvalue weighted by molar-refractivity contribution is 5.99. The molecular weight excluding hydrogens is 449 g/mol. The summed E-state index contributed by atoms with van der Waals surface area (Å²) in [6, 6.07) is 16.3. The zero-order chi connectivity index (χ0) is 24.9. The highest BCUT2D eigenvalue weighted by Gasteiger charge is 2.28.